The molecule has 94 valence electrons. The first-order chi connectivity index (χ1) is 7.75. The summed E-state index contributed by atoms with van der Waals surface area (Å²) in [5.74, 6) is 0.987. The molecule has 0 heterocycles. The van der Waals surface area contributed by atoms with Crippen LogP contribution in [0.2, 0.25) is 0 Å². The van der Waals surface area contributed by atoms with E-state index in [0.717, 1.165) is 24.2 Å². The third-order valence-corrected chi connectivity index (χ3v) is 3.02. The van der Waals surface area contributed by atoms with Crippen LogP contribution in [0.1, 0.15) is 37.7 Å². The molecule has 0 aromatic heterocycles. The predicted octanol–water partition coefficient (Wildman–Crippen LogP) is 3.10. The molecule has 4 heteroatoms. The number of benzene rings is 1. The van der Waals surface area contributed by atoms with Gasteiger partial charge in [-0.3, -0.25) is 5.41 Å². The summed E-state index contributed by atoms with van der Waals surface area (Å²) in [7, 11) is 0. The van der Waals surface area contributed by atoms with E-state index in [1.165, 1.54) is 19.3 Å². The molecule has 0 atom stereocenters. The van der Waals surface area contributed by atoms with Gasteiger partial charge in [0.1, 0.15) is 11.6 Å². The third kappa shape index (κ3) is 3.93. The number of ether oxygens (including phenoxy) is 1. The molecule has 1 aliphatic rings. The second kappa shape index (κ2) is 6.50. The van der Waals surface area contributed by atoms with Crippen LogP contribution in [0.25, 0.3) is 0 Å². The van der Waals surface area contributed by atoms with E-state index in [1.807, 2.05) is 24.3 Å². The molecular formula is C13H19ClN2O. The van der Waals surface area contributed by atoms with Crippen molar-refractivity contribution in [3.63, 3.8) is 0 Å². The van der Waals surface area contributed by atoms with Crippen LogP contribution in [0.15, 0.2) is 24.3 Å². The lowest BCUT2D eigenvalue weighted by Crippen LogP contribution is -2.19. The van der Waals surface area contributed by atoms with Gasteiger partial charge in [0.25, 0.3) is 0 Å². The van der Waals surface area contributed by atoms with Gasteiger partial charge in [0.15, 0.2) is 0 Å². The maximum atomic E-state index is 7.30. The van der Waals surface area contributed by atoms with Gasteiger partial charge in [-0.25, -0.2) is 0 Å². The quantitative estimate of drug-likeness (QED) is 0.643. The van der Waals surface area contributed by atoms with Crippen LogP contribution in [0, 0.1) is 5.41 Å². The van der Waals surface area contributed by atoms with E-state index >= 15 is 0 Å². The smallest absolute Gasteiger partial charge is 0.122 e. The first kappa shape index (κ1) is 13.8. The van der Waals surface area contributed by atoms with Crippen LogP contribution in [0.3, 0.4) is 0 Å². The van der Waals surface area contributed by atoms with Crippen molar-refractivity contribution in [3.05, 3.63) is 29.8 Å². The molecule has 1 fully saturated rings. The molecule has 1 aromatic carbocycles. The lowest BCUT2D eigenvalue weighted by atomic mass is 9.98. The van der Waals surface area contributed by atoms with Crippen LogP contribution in [-0.2, 0) is 0 Å². The van der Waals surface area contributed by atoms with Crippen molar-refractivity contribution in [3.8, 4) is 5.75 Å². The van der Waals surface area contributed by atoms with Crippen molar-refractivity contribution < 1.29 is 4.74 Å². The highest BCUT2D eigenvalue weighted by molar-refractivity contribution is 5.94. The molecule has 1 saturated carbocycles. The predicted molar refractivity (Wildman–Crippen MR) is 72.2 cm³/mol. The molecule has 0 spiro atoms. The average molecular weight is 255 g/mol. The van der Waals surface area contributed by atoms with Gasteiger partial charge in [-0.05, 0) is 49.9 Å². The van der Waals surface area contributed by atoms with Gasteiger partial charge in [-0.2, -0.15) is 0 Å². The number of rotatable bonds is 3. The zero-order chi connectivity index (χ0) is 11.4. The number of amidine groups is 1. The Kier molecular flexibility index (Phi) is 5.29. The van der Waals surface area contributed by atoms with E-state index in [-0.39, 0.29) is 18.2 Å². The van der Waals surface area contributed by atoms with Gasteiger partial charge in [-0.15, -0.1) is 12.4 Å². The van der Waals surface area contributed by atoms with Crippen LogP contribution >= 0.6 is 12.4 Å². The zero-order valence-corrected chi connectivity index (χ0v) is 10.6. The topological polar surface area (TPSA) is 59.1 Å². The van der Waals surface area contributed by atoms with E-state index in [2.05, 4.69) is 0 Å². The largest absolute Gasteiger partial charge is 0.490 e. The molecule has 0 unspecified atom stereocenters. The van der Waals surface area contributed by atoms with Gasteiger partial charge in [0.2, 0.25) is 0 Å². The van der Waals surface area contributed by atoms with Crippen LogP contribution < -0.4 is 10.5 Å². The first-order valence-corrected chi connectivity index (χ1v) is 5.87. The molecule has 3 N–H and O–H groups in total. The summed E-state index contributed by atoms with van der Waals surface area (Å²) in [6.07, 6.45) is 6.58. The minimum Gasteiger partial charge on any atom is -0.490 e. The molecular weight excluding hydrogens is 236 g/mol. The van der Waals surface area contributed by atoms with E-state index in [0.29, 0.717) is 6.10 Å². The van der Waals surface area contributed by atoms with Gasteiger partial charge < -0.3 is 10.5 Å². The molecule has 0 radical (unpaired) electrons. The molecule has 0 saturated heterocycles. The zero-order valence-electron chi connectivity index (χ0n) is 9.82. The summed E-state index contributed by atoms with van der Waals surface area (Å²) in [5, 5.41) is 7.30. The number of halogens is 1. The van der Waals surface area contributed by atoms with Gasteiger partial charge in [0.05, 0.1) is 6.10 Å². The maximum absolute atomic E-state index is 7.30. The van der Waals surface area contributed by atoms with E-state index < -0.39 is 0 Å². The summed E-state index contributed by atoms with van der Waals surface area (Å²) >= 11 is 0. The summed E-state index contributed by atoms with van der Waals surface area (Å²) in [6.45, 7) is 0. The third-order valence-electron chi connectivity index (χ3n) is 3.02. The Morgan fingerprint density at radius 3 is 2.24 bits per heavy atom. The summed E-state index contributed by atoms with van der Waals surface area (Å²) in [6, 6.07) is 7.46. The summed E-state index contributed by atoms with van der Waals surface area (Å²) in [4.78, 5) is 0. The molecule has 17 heavy (non-hydrogen) atoms. The number of nitrogens with two attached hydrogens (primary N) is 1. The molecule has 3 nitrogen and oxygen atoms in total. The highest BCUT2D eigenvalue weighted by Gasteiger charge is 2.14. The SMILES string of the molecule is Cl.N=C(N)c1ccc(OC2CCCCC2)cc1. The standard InChI is InChI=1S/C13H18N2O.ClH/c14-13(15)10-6-8-12(9-7-10)16-11-4-2-1-3-5-11;/h6-9,11H,1-5H2,(H3,14,15);1H. The number of hydrogen-bond acceptors (Lipinski definition) is 2. The Morgan fingerprint density at radius 2 is 1.71 bits per heavy atom. The lowest BCUT2D eigenvalue weighted by molar-refractivity contribution is 0.155. The van der Waals surface area contributed by atoms with E-state index in [4.69, 9.17) is 15.9 Å². The van der Waals surface area contributed by atoms with Crippen molar-refractivity contribution in [2.75, 3.05) is 0 Å². The van der Waals surface area contributed by atoms with Crippen LogP contribution in [0.4, 0.5) is 0 Å². The fourth-order valence-corrected chi connectivity index (χ4v) is 2.09. The minimum absolute atomic E-state index is 0. The molecule has 2 rings (SSSR count). The highest BCUT2D eigenvalue weighted by atomic mass is 35.5. The minimum atomic E-state index is 0. The number of nitrogen functional groups attached to an aromatic ring is 1. The normalized spacial score (nSPS) is 16.0. The molecule has 0 bridgehead atoms. The van der Waals surface area contributed by atoms with Gasteiger partial charge in [-0.1, -0.05) is 6.42 Å². The van der Waals surface area contributed by atoms with E-state index in [1.54, 1.807) is 0 Å². The Morgan fingerprint density at radius 1 is 1.12 bits per heavy atom. The fraction of sp³-hybridized carbons (Fsp3) is 0.462. The van der Waals surface area contributed by atoms with Crippen molar-refractivity contribution >= 4 is 18.2 Å². The second-order valence-electron chi connectivity index (χ2n) is 4.32. The summed E-state index contributed by atoms with van der Waals surface area (Å²) in [5.41, 5.74) is 6.14. The van der Waals surface area contributed by atoms with Crippen molar-refractivity contribution in [2.24, 2.45) is 5.73 Å². The van der Waals surface area contributed by atoms with Crippen LogP contribution in [0.5, 0.6) is 5.75 Å². The number of nitrogens with one attached hydrogen (secondary N) is 1. The van der Waals surface area contributed by atoms with Crippen molar-refractivity contribution in [1.29, 1.82) is 5.41 Å². The van der Waals surface area contributed by atoms with Crippen LogP contribution in [-0.4, -0.2) is 11.9 Å². The van der Waals surface area contributed by atoms with Crippen molar-refractivity contribution in [2.45, 2.75) is 38.2 Å². The second-order valence-corrected chi connectivity index (χ2v) is 4.32. The van der Waals surface area contributed by atoms with Gasteiger partial charge >= 0.3 is 0 Å². The lowest BCUT2D eigenvalue weighted by Gasteiger charge is -2.23. The van der Waals surface area contributed by atoms with E-state index in [9.17, 15) is 0 Å². The molecule has 0 amide bonds. The Labute approximate surface area is 108 Å². The Balaban J connectivity index is 0.00000144. The molecule has 1 aliphatic carbocycles. The Hall–Kier alpha value is -1.22. The summed E-state index contributed by atoms with van der Waals surface area (Å²) < 4.78 is 5.88. The van der Waals surface area contributed by atoms with Gasteiger partial charge in [0, 0.05) is 5.56 Å². The molecule has 1 aromatic rings. The molecule has 0 aliphatic heterocycles. The number of hydrogen-bond donors (Lipinski definition) is 2. The fourth-order valence-electron chi connectivity index (χ4n) is 2.09. The van der Waals surface area contributed by atoms with Crippen molar-refractivity contribution in [1.82, 2.24) is 0 Å². The average Bonchev–Trinajstić information content (AvgIpc) is 2.31. The maximum Gasteiger partial charge on any atom is 0.122 e. The Bertz CT molecular complexity index is 358. The first-order valence-electron chi connectivity index (χ1n) is 5.87. The monoisotopic (exact) mass is 254 g/mol. The highest BCUT2D eigenvalue weighted by Crippen LogP contribution is 2.23.